The quantitative estimate of drug-likeness (QED) is 0.873. The molecule has 2 rings (SSSR count). The average molecular weight is 255 g/mol. The standard InChI is InChI=1S/C13H21NS2/c1-4-14-12(11-7-6-10(2)16-11)13(3)8-5-9-15-13/h6-7,12,14H,4-5,8-9H2,1-3H3. The number of thiophene rings is 1. The highest BCUT2D eigenvalue weighted by Crippen LogP contribution is 2.47. The Balaban J connectivity index is 2.22. The number of aryl methyl sites for hydroxylation is 1. The Kier molecular flexibility index (Phi) is 3.98. The van der Waals surface area contributed by atoms with Gasteiger partial charge in [-0.05, 0) is 51.1 Å². The van der Waals surface area contributed by atoms with E-state index in [-0.39, 0.29) is 0 Å². The van der Waals surface area contributed by atoms with Gasteiger partial charge in [-0.15, -0.1) is 11.3 Å². The monoisotopic (exact) mass is 255 g/mol. The zero-order chi connectivity index (χ0) is 11.6. The van der Waals surface area contributed by atoms with Crippen LogP contribution in [0.1, 0.15) is 42.5 Å². The first-order valence-corrected chi connectivity index (χ1v) is 7.89. The van der Waals surface area contributed by atoms with Gasteiger partial charge in [0.25, 0.3) is 0 Å². The zero-order valence-electron chi connectivity index (χ0n) is 10.4. The van der Waals surface area contributed by atoms with Crippen molar-refractivity contribution in [2.45, 2.75) is 44.4 Å². The minimum absolute atomic E-state index is 0.396. The molecule has 90 valence electrons. The molecule has 0 radical (unpaired) electrons. The van der Waals surface area contributed by atoms with Crippen LogP contribution in [0.15, 0.2) is 12.1 Å². The Morgan fingerprint density at radius 2 is 2.31 bits per heavy atom. The molecule has 1 fully saturated rings. The third-order valence-corrected chi connectivity index (χ3v) is 5.97. The van der Waals surface area contributed by atoms with E-state index in [1.54, 1.807) is 0 Å². The second kappa shape index (κ2) is 5.11. The van der Waals surface area contributed by atoms with Crippen LogP contribution < -0.4 is 5.32 Å². The lowest BCUT2D eigenvalue weighted by Crippen LogP contribution is -2.36. The van der Waals surface area contributed by atoms with E-state index in [0.29, 0.717) is 10.8 Å². The Hall–Kier alpha value is 0.01000. The lowest BCUT2D eigenvalue weighted by Gasteiger charge is -2.33. The van der Waals surface area contributed by atoms with Gasteiger partial charge < -0.3 is 5.32 Å². The zero-order valence-corrected chi connectivity index (χ0v) is 12.0. The van der Waals surface area contributed by atoms with E-state index >= 15 is 0 Å². The number of hydrogen-bond acceptors (Lipinski definition) is 3. The number of thioether (sulfide) groups is 1. The van der Waals surface area contributed by atoms with Crippen molar-refractivity contribution in [3.05, 3.63) is 21.9 Å². The molecule has 3 heteroatoms. The van der Waals surface area contributed by atoms with Crippen molar-refractivity contribution in [2.24, 2.45) is 0 Å². The van der Waals surface area contributed by atoms with E-state index in [0.717, 1.165) is 6.54 Å². The summed E-state index contributed by atoms with van der Waals surface area (Å²) in [6, 6.07) is 5.08. The van der Waals surface area contributed by atoms with Crippen molar-refractivity contribution in [3.63, 3.8) is 0 Å². The van der Waals surface area contributed by atoms with Gasteiger partial charge in [0.2, 0.25) is 0 Å². The molecule has 2 heterocycles. The second-order valence-corrected chi connectivity index (χ2v) is 7.65. The van der Waals surface area contributed by atoms with Crippen molar-refractivity contribution < 1.29 is 0 Å². The van der Waals surface area contributed by atoms with Crippen LogP contribution in [0.4, 0.5) is 0 Å². The highest BCUT2D eigenvalue weighted by Gasteiger charge is 2.38. The van der Waals surface area contributed by atoms with Crippen LogP contribution in [0.3, 0.4) is 0 Å². The molecule has 1 aromatic heterocycles. The maximum Gasteiger partial charge on any atom is 0.0561 e. The first-order valence-electron chi connectivity index (χ1n) is 6.09. The summed E-state index contributed by atoms with van der Waals surface area (Å²) in [5.41, 5.74) is 0. The van der Waals surface area contributed by atoms with Crippen LogP contribution in [-0.4, -0.2) is 17.0 Å². The predicted octanol–water partition coefficient (Wildman–Crippen LogP) is 3.99. The molecule has 0 amide bonds. The summed E-state index contributed by atoms with van der Waals surface area (Å²) in [6.45, 7) is 7.88. The Bertz CT molecular complexity index is 339. The Morgan fingerprint density at radius 1 is 1.50 bits per heavy atom. The summed E-state index contributed by atoms with van der Waals surface area (Å²) in [7, 11) is 0. The van der Waals surface area contributed by atoms with Crippen molar-refractivity contribution >= 4 is 23.1 Å². The number of rotatable bonds is 4. The topological polar surface area (TPSA) is 12.0 Å². The van der Waals surface area contributed by atoms with Crippen LogP contribution in [0, 0.1) is 6.92 Å². The highest BCUT2D eigenvalue weighted by molar-refractivity contribution is 8.00. The summed E-state index contributed by atoms with van der Waals surface area (Å²) in [5, 5.41) is 3.68. The maximum atomic E-state index is 3.68. The van der Waals surface area contributed by atoms with Gasteiger partial charge in [-0.2, -0.15) is 11.8 Å². The maximum absolute atomic E-state index is 3.68. The first kappa shape index (κ1) is 12.5. The van der Waals surface area contributed by atoms with Gasteiger partial charge >= 0.3 is 0 Å². The molecule has 0 aliphatic carbocycles. The molecule has 1 nitrogen and oxygen atoms in total. The Morgan fingerprint density at radius 3 is 2.81 bits per heavy atom. The fourth-order valence-electron chi connectivity index (χ4n) is 2.46. The van der Waals surface area contributed by atoms with Crippen LogP contribution >= 0.6 is 23.1 Å². The SMILES string of the molecule is CCNC(c1ccc(C)s1)C1(C)CCCS1. The minimum atomic E-state index is 0.396. The minimum Gasteiger partial charge on any atom is -0.308 e. The molecule has 2 atom stereocenters. The summed E-state index contributed by atoms with van der Waals surface area (Å²) in [4.78, 5) is 2.93. The van der Waals surface area contributed by atoms with E-state index in [2.05, 4.69) is 50.0 Å². The molecular weight excluding hydrogens is 234 g/mol. The summed E-state index contributed by atoms with van der Waals surface area (Å²) in [5.74, 6) is 1.32. The van der Waals surface area contributed by atoms with Gasteiger partial charge in [0.05, 0.1) is 6.04 Å². The van der Waals surface area contributed by atoms with E-state index in [1.165, 1.54) is 28.3 Å². The smallest absolute Gasteiger partial charge is 0.0561 e. The van der Waals surface area contributed by atoms with E-state index < -0.39 is 0 Å². The molecule has 0 saturated carbocycles. The molecule has 1 aliphatic rings. The van der Waals surface area contributed by atoms with Gasteiger partial charge in [-0.3, -0.25) is 0 Å². The van der Waals surface area contributed by atoms with Gasteiger partial charge in [0, 0.05) is 14.5 Å². The third-order valence-electron chi connectivity index (χ3n) is 3.31. The van der Waals surface area contributed by atoms with Crippen molar-refractivity contribution in [1.82, 2.24) is 5.32 Å². The fourth-order valence-corrected chi connectivity index (χ4v) is 5.06. The molecule has 0 aromatic carbocycles. The molecule has 16 heavy (non-hydrogen) atoms. The lowest BCUT2D eigenvalue weighted by atomic mass is 9.95. The molecule has 2 unspecified atom stereocenters. The van der Waals surface area contributed by atoms with Crippen molar-refractivity contribution in [1.29, 1.82) is 0 Å². The molecule has 0 spiro atoms. The molecule has 0 bridgehead atoms. The second-order valence-electron chi connectivity index (χ2n) is 4.70. The van der Waals surface area contributed by atoms with Gasteiger partial charge in [-0.25, -0.2) is 0 Å². The molecule has 1 saturated heterocycles. The fraction of sp³-hybridized carbons (Fsp3) is 0.692. The van der Waals surface area contributed by atoms with E-state index in [9.17, 15) is 0 Å². The van der Waals surface area contributed by atoms with Gasteiger partial charge in [0.1, 0.15) is 0 Å². The first-order chi connectivity index (χ1) is 7.65. The third kappa shape index (κ3) is 2.47. The van der Waals surface area contributed by atoms with Crippen molar-refractivity contribution in [3.8, 4) is 0 Å². The van der Waals surface area contributed by atoms with E-state index in [1.807, 2.05) is 11.3 Å². The number of hydrogen-bond donors (Lipinski definition) is 1. The Labute approximate surface area is 107 Å². The largest absolute Gasteiger partial charge is 0.308 e. The highest BCUT2D eigenvalue weighted by atomic mass is 32.2. The van der Waals surface area contributed by atoms with Crippen LogP contribution in [0.25, 0.3) is 0 Å². The van der Waals surface area contributed by atoms with Gasteiger partial charge in [0.15, 0.2) is 0 Å². The molecule has 1 aliphatic heterocycles. The van der Waals surface area contributed by atoms with Crippen LogP contribution in [0.5, 0.6) is 0 Å². The summed E-state index contributed by atoms with van der Waals surface area (Å²) in [6.07, 6.45) is 2.71. The average Bonchev–Trinajstić information content (AvgIpc) is 2.85. The van der Waals surface area contributed by atoms with E-state index in [4.69, 9.17) is 0 Å². The van der Waals surface area contributed by atoms with Gasteiger partial charge in [-0.1, -0.05) is 6.92 Å². The normalized spacial score (nSPS) is 27.2. The number of nitrogens with one attached hydrogen (secondary N) is 1. The van der Waals surface area contributed by atoms with Crippen LogP contribution in [-0.2, 0) is 0 Å². The summed E-state index contributed by atoms with van der Waals surface area (Å²) < 4.78 is 0.396. The molecule has 1 aromatic rings. The molecular formula is C13H21NS2. The lowest BCUT2D eigenvalue weighted by molar-refractivity contribution is 0.427. The van der Waals surface area contributed by atoms with Crippen LogP contribution in [0.2, 0.25) is 0 Å². The molecule has 1 N–H and O–H groups in total. The predicted molar refractivity (Wildman–Crippen MR) is 75.6 cm³/mol. The summed E-state index contributed by atoms with van der Waals surface area (Å²) >= 11 is 4.09. The van der Waals surface area contributed by atoms with Crippen molar-refractivity contribution in [2.75, 3.05) is 12.3 Å².